The van der Waals surface area contributed by atoms with Gasteiger partial charge in [-0.2, -0.15) is 0 Å². The molecule has 0 heterocycles. The van der Waals surface area contributed by atoms with E-state index < -0.39 is 18.1 Å². The third-order valence-electron chi connectivity index (χ3n) is 6.15. The number of unbranched alkanes of at least 4 members (excludes halogenated alkanes) is 9. The molecule has 1 rings (SSSR count). The predicted octanol–water partition coefficient (Wildman–Crippen LogP) is 6.84. The Morgan fingerprint density at radius 2 is 1.40 bits per heavy atom. The summed E-state index contributed by atoms with van der Waals surface area (Å²) in [6.45, 7) is 10.3. The van der Waals surface area contributed by atoms with Crippen LogP contribution < -0.4 is 10.1 Å². The fourth-order valence-corrected chi connectivity index (χ4v) is 4.38. The Morgan fingerprint density at radius 1 is 0.829 bits per heavy atom. The molecule has 2 atom stereocenters. The minimum absolute atomic E-state index is 0.0285. The number of carbonyl (C=O) groups excluding carboxylic acids is 3. The summed E-state index contributed by atoms with van der Waals surface area (Å²) in [5, 5.41) is 2.91. The highest BCUT2D eigenvalue weighted by atomic mass is 16.5. The Hall–Kier alpha value is -2.37. The van der Waals surface area contributed by atoms with Crippen molar-refractivity contribution in [2.45, 2.75) is 124 Å². The summed E-state index contributed by atoms with van der Waals surface area (Å²) >= 11 is 0. The minimum atomic E-state index is -0.547. The SMILES string of the molecule is CCCCCCCCCCCCc1ccc(C(NC(C)=O)C(OC(C)=O)C(C)C)cc1OC(C)=O. The molecule has 35 heavy (non-hydrogen) atoms. The Bertz CT molecular complexity index is 789. The Labute approximate surface area is 212 Å². The number of esters is 2. The van der Waals surface area contributed by atoms with Crippen LogP contribution in [0.5, 0.6) is 5.75 Å². The van der Waals surface area contributed by atoms with Crippen molar-refractivity contribution in [3.8, 4) is 5.75 Å². The maximum absolute atomic E-state index is 11.9. The first-order chi connectivity index (χ1) is 16.6. The number of benzene rings is 1. The number of ether oxygens (including phenoxy) is 2. The number of hydrogen-bond acceptors (Lipinski definition) is 5. The molecule has 0 aromatic heterocycles. The van der Waals surface area contributed by atoms with E-state index in [9.17, 15) is 14.4 Å². The van der Waals surface area contributed by atoms with Crippen LogP contribution in [0.1, 0.15) is 123 Å². The molecule has 6 nitrogen and oxygen atoms in total. The highest BCUT2D eigenvalue weighted by Gasteiger charge is 2.30. The molecule has 0 saturated carbocycles. The molecule has 1 N–H and O–H groups in total. The van der Waals surface area contributed by atoms with Crippen molar-refractivity contribution in [2.24, 2.45) is 5.92 Å². The number of carbonyl (C=O) groups is 3. The number of aryl methyl sites for hydroxylation is 1. The van der Waals surface area contributed by atoms with Crippen molar-refractivity contribution in [1.29, 1.82) is 0 Å². The molecular formula is C29H47NO5. The molecule has 0 saturated heterocycles. The largest absolute Gasteiger partial charge is 0.460 e. The average molecular weight is 490 g/mol. The molecule has 0 radical (unpaired) electrons. The summed E-state index contributed by atoms with van der Waals surface area (Å²) in [5.74, 6) is -0.540. The Morgan fingerprint density at radius 3 is 1.89 bits per heavy atom. The van der Waals surface area contributed by atoms with E-state index >= 15 is 0 Å². The van der Waals surface area contributed by atoms with Gasteiger partial charge >= 0.3 is 11.9 Å². The van der Waals surface area contributed by atoms with Gasteiger partial charge in [0.15, 0.2) is 0 Å². The Kier molecular flexibility index (Phi) is 15.0. The summed E-state index contributed by atoms with van der Waals surface area (Å²) in [7, 11) is 0. The van der Waals surface area contributed by atoms with Crippen molar-refractivity contribution in [2.75, 3.05) is 0 Å². The van der Waals surface area contributed by atoms with Gasteiger partial charge in [-0.05, 0) is 36.0 Å². The fraction of sp³-hybridized carbons (Fsp3) is 0.690. The minimum Gasteiger partial charge on any atom is -0.460 e. The molecule has 0 bridgehead atoms. The lowest BCUT2D eigenvalue weighted by Crippen LogP contribution is -2.40. The van der Waals surface area contributed by atoms with Crippen LogP contribution >= 0.6 is 0 Å². The molecule has 0 aliphatic heterocycles. The molecular weight excluding hydrogens is 442 g/mol. The second-order valence-corrected chi connectivity index (χ2v) is 9.89. The van der Waals surface area contributed by atoms with E-state index in [1.54, 1.807) is 6.07 Å². The molecule has 0 aliphatic rings. The molecule has 198 valence electrons. The quantitative estimate of drug-likeness (QED) is 0.147. The highest BCUT2D eigenvalue weighted by Crippen LogP contribution is 2.31. The predicted molar refractivity (Wildman–Crippen MR) is 140 cm³/mol. The topological polar surface area (TPSA) is 81.7 Å². The molecule has 0 spiro atoms. The summed E-state index contributed by atoms with van der Waals surface area (Å²) < 4.78 is 11.1. The molecule has 1 aromatic carbocycles. The van der Waals surface area contributed by atoms with Crippen LogP contribution in [0.15, 0.2) is 18.2 Å². The molecule has 1 aromatic rings. The van der Waals surface area contributed by atoms with Crippen molar-refractivity contribution < 1.29 is 23.9 Å². The van der Waals surface area contributed by atoms with E-state index in [-0.39, 0.29) is 17.8 Å². The maximum atomic E-state index is 11.9. The molecule has 0 aliphatic carbocycles. The van der Waals surface area contributed by atoms with Gasteiger partial charge in [0.2, 0.25) is 5.91 Å². The first-order valence-corrected chi connectivity index (χ1v) is 13.4. The van der Waals surface area contributed by atoms with Gasteiger partial charge in [-0.1, -0.05) is 90.7 Å². The first-order valence-electron chi connectivity index (χ1n) is 13.4. The van der Waals surface area contributed by atoms with Crippen LogP contribution in [0.2, 0.25) is 0 Å². The molecule has 1 amide bonds. The van der Waals surface area contributed by atoms with Gasteiger partial charge in [-0.15, -0.1) is 0 Å². The third kappa shape index (κ3) is 12.8. The van der Waals surface area contributed by atoms with Crippen LogP contribution in [-0.4, -0.2) is 23.9 Å². The zero-order valence-electron chi connectivity index (χ0n) is 22.8. The Balaban J connectivity index is 2.86. The molecule has 0 fully saturated rings. The van der Waals surface area contributed by atoms with Crippen LogP contribution in [0.25, 0.3) is 0 Å². The van der Waals surface area contributed by atoms with Crippen LogP contribution in [0, 0.1) is 5.92 Å². The highest BCUT2D eigenvalue weighted by molar-refractivity contribution is 5.74. The van der Waals surface area contributed by atoms with Crippen LogP contribution in [-0.2, 0) is 25.5 Å². The standard InChI is InChI=1S/C29H47NO5/c1-7-8-9-10-11-12-13-14-15-16-17-25-18-19-26(20-27(25)34-23(5)32)28(30-22(4)31)29(21(2)3)35-24(6)33/h18-21,28-29H,7-17H2,1-6H3,(H,30,31). The lowest BCUT2D eigenvalue weighted by molar-refractivity contribution is -0.151. The summed E-state index contributed by atoms with van der Waals surface area (Å²) in [6, 6.07) is 5.14. The number of hydrogen-bond donors (Lipinski definition) is 1. The normalized spacial score (nSPS) is 12.8. The zero-order valence-corrected chi connectivity index (χ0v) is 22.8. The maximum Gasteiger partial charge on any atom is 0.308 e. The van der Waals surface area contributed by atoms with Gasteiger partial charge in [0.05, 0.1) is 6.04 Å². The summed E-state index contributed by atoms with van der Waals surface area (Å²) in [4.78, 5) is 35.5. The number of rotatable bonds is 17. The van der Waals surface area contributed by atoms with E-state index in [2.05, 4.69) is 12.2 Å². The summed E-state index contributed by atoms with van der Waals surface area (Å²) in [6.07, 6.45) is 12.9. The van der Waals surface area contributed by atoms with Gasteiger partial charge in [0.25, 0.3) is 0 Å². The number of amides is 1. The van der Waals surface area contributed by atoms with E-state index in [1.165, 1.54) is 72.1 Å². The smallest absolute Gasteiger partial charge is 0.308 e. The van der Waals surface area contributed by atoms with Gasteiger partial charge in [-0.25, -0.2) is 0 Å². The van der Waals surface area contributed by atoms with Gasteiger partial charge in [0.1, 0.15) is 11.9 Å². The monoisotopic (exact) mass is 489 g/mol. The molecule has 6 heteroatoms. The van der Waals surface area contributed by atoms with Gasteiger partial charge in [0, 0.05) is 20.8 Å². The second kappa shape index (κ2) is 17.1. The van der Waals surface area contributed by atoms with Crippen molar-refractivity contribution in [3.05, 3.63) is 29.3 Å². The van der Waals surface area contributed by atoms with E-state index in [0.717, 1.165) is 30.4 Å². The molecule has 2 unspecified atom stereocenters. The summed E-state index contributed by atoms with van der Waals surface area (Å²) in [5.41, 5.74) is 1.71. The van der Waals surface area contributed by atoms with Crippen LogP contribution in [0.3, 0.4) is 0 Å². The van der Waals surface area contributed by atoms with E-state index in [4.69, 9.17) is 9.47 Å². The van der Waals surface area contributed by atoms with Gasteiger partial charge in [-0.3, -0.25) is 14.4 Å². The third-order valence-corrected chi connectivity index (χ3v) is 6.15. The number of nitrogens with one attached hydrogen (secondary N) is 1. The van der Waals surface area contributed by atoms with Crippen molar-refractivity contribution in [3.63, 3.8) is 0 Å². The lowest BCUT2D eigenvalue weighted by Gasteiger charge is -2.31. The van der Waals surface area contributed by atoms with E-state index in [1.807, 2.05) is 26.0 Å². The van der Waals surface area contributed by atoms with E-state index in [0.29, 0.717) is 5.75 Å². The zero-order chi connectivity index (χ0) is 26.2. The average Bonchev–Trinajstić information content (AvgIpc) is 2.77. The van der Waals surface area contributed by atoms with Crippen molar-refractivity contribution in [1.82, 2.24) is 5.32 Å². The van der Waals surface area contributed by atoms with Crippen molar-refractivity contribution >= 4 is 17.8 Å². The lowest BCUT2D eigenvalue weighted by atomic mass is 9.91. The first kappa shape index (κ1) is 30.7. The second-order valence-electron chi connectivity index (χ2n) is 9.89. The van der Waals surface area contributed by atoms with Crippen LogP contribution in [0.4, 0.5) is 0 Å². The fourth-order valence-electron chi connectivity index (χ4n) is 4.38. The van der Waals surface area contributed by atoms with Gasteiger partial charge < -0.3 is 14.8 Å².